The van der Waals surface area contributed by atoms with E-state index < -0.39 is 5.54 Å². The van der Waals surface area contributed by atoms with Gasteiger partial charge in [0.2, 0.25) is 0 Å². The predicted octanol–water partition coefficient (Wildman–Crippen LogP) is 3.53. The molecule has 0 bridgehead atoms. The Hall–Kier alpha value is -1.35. The molecular weight excluding hydrogens is 250 g/mol. The molecule has 3 heteroatoms. The van der Waals surface area contributed by atoms with Gasteiger partial charge in [-0.3, -0.25) is 9.69 Å². The number of nitrogens with zero attached hydrogens (tertiary/aromatic N) is 1. The lowest BCUT2D eigenvalue weighted by molar-refractivity contribution is 0.0646. The zero-order valence-electron chi connectivity index (χ0n) is 12.8. The van der Waals surface area contributed by atoms with E-state index >= 15 is 0 Å². The Bertz CT molecular complexity index is 460. The molecule has 1 aliphatic heterocycles. The molecular formula is C17H25NO2. The van der Waals surface area contributed by atoms with Crippen LogP contribution in [0.2, 0.25) is 0 Å². The van der Waals surface area contributed by atoms with Crippen LogP contribution in [0.25, 0.3) is 0 Å². The lowest BCUT2D eigenvalue weighted by Crippen LogP contribution is -2.50. The number of ketones is 1. The molecule has 0 aliphatic carbocycles. The van der Waals surface area contributed by atoms with Crippen LogP contribution in [-0.2, 0) is 0 Å². The highest BCUT2D eigenvalue weighted by Crippen LogP contribution is 2.28. The van der Waals surface area contributed by atoms with Crippen LogP contribution in [0, 0.1) is 0 Å². The van der Waals surface area contributed by atoms with Crippen molar-refractivity contribution < 1.29 is 9.53 Å². The van der Waals surface area contributed by atoms with E-state index in [1.54, 1.807) is 7.11 Å². The molecule has 1 saturated heterocycles. The number of Topliss-reactive ketones (excluding diaryl/α,β-unsaturated/α-hetero) is 1. The Kier molecular flexibility index (Phi) is 4.81. The summed E-state index contributed by atoms with van der Waals surface area (Å²) < 4.78 is 5.33. The van der Waals surface area contributed by atoms with Gasteiger partial charge in [0.05, 0.1) is 18.2 Å². The molecule has 0 saturated carbocycles. The smallest absolute Gasteiger partial charge is 0.186 e. The summed E-state index contributed by atoms with van der Waals surface area (Å²) in [5.41, 5.74) is 0.211. The highest BCUT2D eigenvalue weighted by molar-refractivity contribution is 6.04. The van der Waals surface area contributed by atoms with Crippen LogP contribution in [0.3, 0.4) is 0 Å². The summed E-state index contributed by atoms with van der Waals surface area (Å²) in [6, 6.07) is 7.51. The summed E-state index contributed by atoms with van der Waals surface area (Å²) in [6.07, 6.45) is 4.91. The maximum Gasteiger partial charge on any atom is 0.186 e. The Balaban J connectivity index is 2.25. The fourth-order valence-electron chi connectivity index (χ4n) is 2.94. The number of hydrogen-bond acceptors (Lipinski definition) is 3. The molecule has 3 nitrogen and oxygen atoms in total. The molecule has 0 amide bonds. The molecule has 1 aromatic carbocycles. The normalized spacial score (nSPS) is 17.6. The van der Waals surface area contributed by atoms with Crippen molar-refractivity contribution in [2.24, 2.45) is 0 Å². The van der Waals surface area contributed by atoms with E-state index in [-0.39, 0.29) is 5.78 Å². The number of methoxy groups -OCH3 is 1. The van der Waals surface area contributed by atoms with E-state index in [2.05, 4.69) is 4.90 Å². The van der Waals surface area contributed by atoms with Crippen molar-refractivity contribution in [3.8, 4) is 5.75 Å². The molecule has 2 rings (SSSR count). The summed E-state index contributed by atoms with van der Waals surface area (Å²) in [5, 5.41) is 0. The van der Waals surface area contributed by atoms with Crippen LogP contribution in [-0.4, -0.2) is 36.4 Å². The van der Waals surface area contributed by atoms with Gasteiger partial charge in [0.15, 0.2) is 5.78 Å². The van der Waals surface area contributed by atoms with Crippen LogP contribution in [0.4, 0.5) is 0 Å². The Morgan fingerprint density at radius 2 is 1.70 bits per heavy atom. The van der Waals surface area contributed by atoms with Crippen LogP contribution in [0.1, 0.15) is 49.9 Å². The van der Waals surface area contributed by atoms with Crippen molar-refractivity contribution in [2.45, 2.75) is 45.1 Å². The average molecular weight is 275 g/mol. The second kappa shape index (κ2) is 6.40. The van der Waals surface area contributed by atoms with Gasteiger partial charge in [-0.1, -0.05) is 25.0 Å². The van der Waals surface area contributed by atoms with Crippen molar-refractivity contribution in [3.63, 3.8) is 0 Å². The third-order valence-corrected chi connectivity index (χ3v) is 4.30. The van der Waals surface area contributed by atoms with Gasteiger partial charge < -0.3 is 4.74 Å². The van der Waals surface area contributed by atoms with Gasteiger partial charge in [0, 0.05) is 0 Å². The number of carbonyl (C=O) groups excluding carboxylic acids is 1. The Labute approximate surface area is 121 Å². The van der Waals surface area contributed by atoms with Crippen molar-refractivity contribution >= 4 is 5.78 Å². The van der Waals surface area contributed by atoms with Gasteiger partial charge in [-0.2, -0.15) is 0 Å². The Morgan fingerprint density at radius 3 is 2.30 bits per heavy atom. The second-order valence-electron chi connectivity index (χ2n) is 5.99. The first-order valence-corrected chi connectivity index (χ1v) is 7.50. The molecule has 1 fully saturated rings. The maximum absolute atomic E-state index is 12.9. The summed E-state index contributed by atoms with van der Waals surface area (Å²) in [6.45, 7) is 6.09. The highest BCUT2D eigenvalue weighted by Gasteiger charge is 2.36. The number of ether oxygens (including phenoxy) is 1. The molecule has 1 aromatic rings. The number of para-hydroxylation sites is 1. The third-order valence-electron chi connectivity index (χ3n) is 4.30. The van der Waals surface area contributed by atoms with Crippen LogP contribution >= 0.6 is 0 Å². The molecule has 0 spiro atoms. The monoisotopic (exact) mass is 275 g/mol. The molecule has 0 unspecified atom stereocenters. The summed E-state index contributed by atoms with van der Waals surface area (Å²) in [4.78, 5) is 15.3. The van der Waals surface area contributed by atoms with Gasteiger partial charge in [-0.25, -0.2) is 0 Å². The quantitative estimate of drug-likeness (QED) is 0.787. The largest absolute Gasteiger partial charge is 0.496 e. The number of likely N-dealkylation sites (tertiary alicyclic amines) is 1. The zero-order chi connectivity index (χ0) is 14.6. The molecule has 0 aromatic heterocycles. The number of benzene rings is 1. The molecule has 0 radical (unpaired) electrons. The first kappa shape index (κ1) is 15.0. The fraction of sp³-hybridized carbons (Fsp3) is 0.588. The van der Waals surface area contributed by atoms with E-state index in [9.17, 15) is 4.79 Å². The van der Waals surface area contributed by atoms with Crippen molar-refractivity contribution in [1.82, 2.24) is 4.90 Å². The second-order valence-corrected chi connectivity index (χ2v) is 5.99. The van der Waals surface area contributed by atoms with Crippen molar-refractivity contribution in [2.75, 3.05) is 20.2 Å². The van der Waals surface area contributed by atoms with E-state index in [4.69, 9.17) is 4.74 Å². The third kappa shape index (κ3) is 3.04. The summed E-state index contributed by atoms with van der Waals surface area (Å²) >= 11 is 0. The molecule has 1 aliphatic rings. The molecule has 20 heavy (non-hydrogen) atoms. The van der Waals surface area contributed by atoms with Crippen LogP contribution in [0.5, 0.6) is 5.75 Å². The topological polar surface area (TPSA) is 29.5 Å². The SMILES string of the molecule is COc1ccccc1C(=O)C(C)(C)N1CCCCCC1. The van der Waals surface area contributed by atoms with Gasteiger partial charge >= 0.3 is 0 Å². The predicted molar refractivity (Wildman–Crippen MR) is 81.4 cm³/mol. The van der Waals surface area contributed by atoms with E-state index in [0.29, 0.717) is 11.3 Å². The number of carbonyl (C=O) groups is 1. The van der Waals surface area contributed by atoms with Crippen LogP contribution < -0.4 is 4.74 Å². The van der Waals surface area contributed by atoms with Crippen molar-refractivity contribution in [3.05, 3.63) is 29.8 Å². The van der Waals surface area contributed by atoms with E-state index in [1.807, 2.05) is 38.1 Å². The molecule has 0 N–H and O–H groups in total. The maximum atomic E-state index is 12.9. The zero-order valence-corrected chi connectivity index (χ0v) is 12.8. The first-order valence-electron chi connectivity index (χ1n) is 7.50. The highest BCUT2D eigenvalue weighted by atomic mass is 16.5. The van der Waals surface area contributed by atoms with Gasteiger partial charge in [0.1, 0.15) is 5.75 Å². The number of hydrogen-bond donors (Lipinski definition) is 0. The van der Waals surface area contributed by atoms with Gasteiger partial charge in [-0.15, -0.1) is 0 Å². The van der Waals surface area contributed by atoms with E-state index in [0.717, 1.165) is 13.1 Å². The minimum absolute atomic E-state index is 0.150. The summed E-state index contributed by atoms with van der Waals surface area (Å²) in [5.74, 6) is 0.817. The molecule has 110 valence electrons. The molecule has 1 heterocycles. The van der Waals surface area contributed by atoms with Crippen LogP contribution in [0.15, 0.2) is 24.3 Å². The first-order chi connectivity index (χ1) is 9.57. The minimum Gasteiger partial charge on any atom is -0.496 e. The van der Waals surface area contributed by atoms with Crippen molar-refractivity contribution in [1.29, 1.82) is 0 Å². The fourth-order valence-corrected chi connectivity index (χ4v) is 2.94. The standard InChI is InChI=1S/C17H25NO2/c1-17(2,18-12-8-4-5-9-13-18)16(19)14-10-6-7-11-15(14)20-3/h6-7,10-11H,4-5,8-9,12-13H2,1-3H3. The lowest BCUT2D eigenvalue weighted by Gasteiger charge is -2.36. The lowest BCUT2D eigenvalue weighted by atomic mass is 9.90. The van der Waals surface area contributed by atoms with E-state index in [1.165, 1.54) is 25.7 Å². The Morgan fingerprint density at radius 1 is 1.10 bits per heavy atom. The number of rotatable bonds is 4. The van der Waals surface area contributed by atoms with Gasteiger partial charge in [0.25, 0.3) is 0 Å². The molecule has 0 atom stereocenters. The average Bonchev–Trinajstić information content (AvgIpc) is 2.76. The minimum atomic E-state index is -0.473. The summed E-state index contributed by atoms with van der Waals surface area (Å²) in [7, 11) is 1.62. The van der Waals surface area contributed by atoms with Gasteiger partial charge in [-0.05, 0) is 51.9 Å².